The van der Waals surface area contributed by atoms with E-state index >= 15 is 0 Å². The summed E-state index contributed by atoms with van der Waals surface area (Å²) in [6, 6.07) is 21.3. The molecule has 1 heterocycles. The van der Waals surface area contributed by atoms with Crippen molar-refractivity contribution in [2.75, 3.05) is 7.05 Å². The number of hydrogen-bond acceptors (Lipinski definition) is 2. The van der Waals surface area contributed by atoms with E-state index in [1.54, 1.807) is 0 Å². The fraction of sp³-hybridized carbons (Fsp3) is 0.250. The topological polar surface area (TPSA) is 12.5 Å². The van der Waals surface area contributed by atoms with E-state index in [4.69, 9.17) is 4.74 Å². The Morgan fingerprint density at radius 2 is 1.69 bits per heavy atom. The molecule has 4 rings (SSSR count). The molecular weight excluding hydrogens is 375 g/mol. The van der Waals surface area contributed by atoms with E-state index in [2.05, 4.69) is 11.0 Å². The monoisotopic (exact) mass is 397 g/mol. The molecule has 0 amide bonds. The molecule has 5 heteroatoms. The van der Waals surface area contributed by atoms with Gasteiger partial charge in [-0.1, -0.05) is 48.5 Å². The Labute approximate surface area is 168 Å². The average Bonchev–Trinajstić information content (AvgIpc) is 2.73. The van der Waals surface area contributed by atoms with Crippen LogP contribution in [0.2, 0.25) is 0 Å². The highest BCUT2D eigenvalue weighted by atomic mass is 19.4. The summed E-state index contributed by atoms with van der Waals surface area (Å²) in [5, 5.41) is 0. The Morgan fingerprint density at radius 1 is 0.931 bits per heavy atom. The van der Waals surface area contributed by atoms with Gasteiger partial charge in [0.1, 0.15) is 5.75 Å². The van der Waals surface area contributed by atoms with E-state index in [1.807, 2.05) is 49.5 Å². The van der Waals surface area contributed by atoms with Gasteiger partial charge in [-0.15, -0.1) is 0 Å². The van der Waals surface area contributed by atoms with Crippen molar-refractivity contribution in [2.24, 2.45) is 0 Å². The maximum atomic E-state index is 12.8. The van der Waals surface area contributed by atoms with E-state index in [9.17, 15) is 13.2 Å². The Morgan fingerprint density at radius 3 is 2.45 bits per heavy atom. The average molecular weight is 397 g/mol. The smallest absolute Gasteiger partial charge is 0.416 e. The molecule has 1 atom stereocenters. The van der Waals surface area contributed by atoms with Crippen molar-refractivity contribution in [1.82, 2.24) is 4.90 Å². The molecule has 1 unspecified atom stereocenters. The van der Waals surface area contributed by atoms with Gasteiger partial charge in [0.2, 0.25) is 0 Å². The van der Waals surface area contributed by atoms with E-state index < -0.39 is 11.7 Å². The zero-order valence-electron chi connectivity index (χ0n) is 16.1. The standard InChI is InChI=1S/C24H22F3NO/c1-28(23-14-11-19-6-2-3-8-22(19)29-23)16-17-5-4-7-20(15-17)18-9-12-21(13-10-18)24(25,26)27/h2-10,12-13,15,23H,11,14,16H2,1H3. The normalized spacial score (nSPS) is 16.4. The first-order valence-electron chi connectivity index (χ1n) is 9.61. The molecule has 0 radical (unpaired) electrons. The third-order valence-electron chi connectivity index (χ3n) is 5.29. The minimum Gasteiger partial charge on any atom is -0.475 e. The molecule has 0 aliphatic carbocycles. The lowest BCUT2D eigenvalue weighted by Crippen LogP contribution is -2.38. The highest BCUT2D eigenvalue weighted by Gasteiger charge is 2.30. The number of aryl methyl sites for hydroxylation is 1. The Balaban J connectivity index is 1.46. The van der Waals surface area contributed by atoms with Gasteiger partial charge in [0.25, 0.3) is 0 Å². The van der Waals surface area contributed by atoms with Crippen molar-refractivity contribution < 1.29 is 17.9 Å². The number of hydrogen-bond donors (Lipinski definition) is 0. The van der Waals surface area contributed by atoms with Crippen LogP contribution in [0, 0.1) is 0 Å². The van der Waals surface area contributed by atoms with Crippen molar-refractivity contribution in [3.63, 3.8) is 0 Å². The van der Waals surface area contributed by atoms with Crippen LogP contribution < -0.4 is 4.74 Å². The summed E-state index contributed by atoms with van der Waals surface area (Å²) in [6.45, 7) is 0.696. The SMILES string of the molecule is CN(Cc1cccc(-c2ccc(C(F)(F)F)cc2)c1)C1CCc2ccccc2O1. The minimum absolute atomic E-state index is 0.000347. The molecule has 0 saturated heterocycles. The van der Waals surface area contributed by atoms with Gasteiger partial charge in [-0.05, 0) is 60.0 Å². The second-order valence-electron chi connectivity index (χ2n) is 7.41. The van der Waals surface area contributed by atoms with E-state index in [1.165, 1.54) is 17.7 Å². The van der Waals surface area contributed by atoms with Crippen LogP contribution in [0.15, 0.2) is 72.8 Å². The largest absolute Gasteiger partial charge is 0.475 e. The third kappa shape index (κ3) is 4.46. The number of alkyl halides is 3. The van der Waals surface area contributed by atoms with Crippen LogP contribution in [0.1, 0.15) is 23.1 Å². The molecule has 3 aromatic carbocycles. The Hall–Kier alpha value is -2.79. The van der Waals surface area contributed by atoms with Crippen LogP contribution in [0.5, 0.6) is 5.75 Å². The van der Waals surface area contributed by atoms with Gasteiger partial charge < -0.3 is 4.74 Å². The molecule has 0 saturated carbocycles. The number of ether oxygens (including phenoxy) is 1. The molecule has 29 heavy (non-hydrogen) atoms. The molecule has 0 aromatic heterocycles. The summed E-state index contributed by atoms with van der Waals surface area (Å²) in [5.41, 5.74) is 3.37. The lowest BCUT2D eigenvalue weighted by atomic mass is 10.0. The first-order chi connectivity index (χ1) is 13.9. The van der Waals surface area contributed by atoms with E-state index in [-0.39, 0.29) is 6.23 Å². The number of para-hydroxylation sites is 1. The Bertz CT molecular complexity index is 982. The highest BCUT2D eigenvalue weighted by Crippen LogP contribution is 2.32. The van der Waals surface area contributed by atoms with Gasteiger partial charge in [-0.3, -0.25) is 4.90 Å². The van der Waals surface area contributed by atoms with E-state index in [0.29, 0.717) is 6.54 Å². The van der Waals surface area contributed by atoms with Crippen molar-refractivity contribution >= 4 is 0 Å². The second kappa shape index (κ2) is 7.91. The molecule has 0 spiro atoms. The number of halogens is 3. The summed E-state index contributed by atoms with van der Waals surface area (Å²) in [4.78, 5) is 2.17. The maximum absolute atomic E-state index is 12.8. The van der Waals surface area contributed by atoms with Crippen LogP contribution in [0.3, 0.4) is 0 Å². The molecule has 1 aliphatic heterocycles. The van der Waals surface area contributed by atoms with Gasteiger partial charge in [0.05, 0.1) is 5.56 Å². The van der Waals surface area contributed by atoms with Gasteiger partial charge >= 0.3 is 6.18 Å². The highest BCUT2D eigenvalue weighted by molar-refractivity contribution is 5.64. The molecule has 1 aliphatic rings. The van der Waals surface area contributed by atoms with Gasteiger partial charge in [0.15, 0.2) is 6.23 Å². The molecule has 150 valence electrons. The van der Waals surface area contributed by atoms with Crippen LogP contribution in [-0.2, 0) is 19.1 Å². The van der Waals surface area contributed by atoms with Crippen LogP contribution in [0.25, 0.3) is 11.1 Å². The van der Waals surface area contributed by atoms with Crippen molar-refractivity contribution in [3.05, 3.63) is 89.5 Å². The lowest BCUT2D eigenvalue weighted by molar-refractivity contribution is -0.137. The Kier molecular flexibility index (Phi) is 5.33. The third-order valence-corrected chi connectivity index (χ3v) is 5.29. The quantitative estimate of drug-likeness (QED) is 0.523. The first-order valence-corrected chi connectivity index (χ1v) is 9.61. The minimum atomic E-state index is -4.32. The van der Waals surface area contributed by atoms with Gasteiger partial charge in [-0.25, -0.2) is 0 Å². The number of rotatable bonds is 4. The summed E-state index contributed by atoms with van der Waals surface area (Å²) < 4.78 is 44.5. The summed E-state index contributed by atoms with van der Waals surface area (Å²) >= 11 is 0. The van der Waals surface area contributed by atoms with E-state index in [0.717, 1.165) is 47.4 Å². The fourth-order valence-corrected chi connectivity index (χ4v) is 3.71. The van der Waals surface area contributed by atoms with Gasteiger partial charge in [0, 0.05) is 13.0 Å². The molecule has 2 nitrogen and oxygen atoms in total. The number of fused-ring (bicyclic) bond motifs is 1. The number of benzene rings is 3. The lowest BCUT2D eigenvalue weighted by Gasteiger charge is -2.33. The zero-order valence-corrected chi connectivity index (χ0v) is 16.1. The fourth-order valence-electron chi connectivity index (χ4n) is 3.71. The van der Waals surface area contributed by atoms with Crippen molar-refractivity contribution in [1.29, 1.82) is 0 Å². The molecular formula is C24H22F3NO. The van der Waals surface area contributed by atoms with Gasteiger partial charge in [-0.2, -0.15) is 13.2 Å². The van der Waals surface area contributed by atoms with Crippen LogP contribution >= 0.6 is 0 Å². The van der Waals surface area contributed by atoms with Crippen LogP contribution in [-0.4, -0.2) is 18.2 Å². The first kappa shape index (κ1) is 19.5. The predicted octanol–water partition coefficient (Wildman–Crippen LogP) is 6.16. The summed E-state index contributed by atoms with van der Waals surface area (Å²) in [7, 11) is 2.03. The maximum Gasteiger partial charge on any atom is 0.416 e. The summed E-state index contributed by atoms with van der Waals surface area (Å²) in [5.74, 6) is 0.939. The second-order valence-corrected chi connectivity index (χ2v) is 7.41. The van der Waals surface area contributed by atoms with Crippen molar-refractivity contribution in [2.45, 2.75) is 31.8 Å². The zero-order chi connectivity index (χ0) is 20.4. The van der Waals surface area contributed by atoms with Crippen molar-refractivity contribution in [3.8, 4) is 16.9 Å². The summed E-state index contributed by atoms with van der Waals surface area (Å²) in [6.07, 6.45) is -2.41. The number of nitrogens with zero attached hydrogens (tertiary/aromatic N) is 1. The molecule has 3 aromatic rings. The molecule has 0 fully saturated rings. The predicted molar refractivity (Wildman–Crippen MR) is 108 cm³/mol. The molecule has 0 bridgehead atoms. The molecule has 0 N–H and O–H groups in total. The van der Waals surface area contributed by atoms with Crippen LogP contribution in [0.4, 0.5) is 13.2 Å².